The predicted molar refractivity (Wildman–Crippen MR) is 55.7 cm³/mol. The molecule has 2 rings (SSSR count). The lowest BCUT2D eigenvalue weighted by atomic mass is 10.2. The smallest absolute Gasteiger partial charge is 0.104 e. The van der Waals surface area contributed by atoms with Gasteiger partial charge in [-0.05, 0) is 24.1 Å². The molecular formula is C11H13ClO2. The number of hydrogen-bond acceptors (Lipinski definition) is 2. The Balaban J connectivity index is 1.66. The minimum atomic E-state index is 0.361. The summed E-state index contributed by atoms with van der Waals surface area (Å²) in [7, 11) is 0. The fourth-order valence-electron chi connectivity index (χ4n) is 1.22. The van der Waals surface area contributed by atoms with Gasteiger partial charge >= 0.3 is 0 Å². The van der Waals surface area contributed by atoms with Crippen molar-refractivity contribution in [3.63, 3.8) is 0 Å². The summed E-state index contributed by atoms with van der Waals surface area (Å²) < 4.78 is 10.5. The summed E-state index contributed by atoms with van der Waals surface area (Å²) in [5.74, 6) is 0. The van der Waals surface area contributed by atoms with Gasteiger partial charge in [-0.15, -0.1) is 0 Å². The number of epoxide rings is 1. The zero-order chi connectivity index (χ0) is 9.80. The number of benzene rings is 1. The molecule has 0 amide bonds. The van der Waals surface area contributed by atoms with Gasteiger partial charge < -0.3 is 9.47 Å². The molecule has 0 aliphatic carbocycles. The van der Waals surface area contributed by atoms with Crippen LogP contribution in [0.15, 0.2) is 24.3 Å². The molecule has 0 aromatic heterocycles. The van der Waals surface area contributed by atoms with Crippen LogP contribution in [-0.2, 0) is 15.9 Å². The standard InChI is InChI=1S/C11H13ClO2/c12-10-3-1-9(2-4-10)5-6-13-7-11-8-14-11/h1-4,11H,5-8H2. The molecule has 1 atom stereocenters. The first-order valence-electron chi connectivity index (χ1n) is 4.78. The maximum absolute atomic E-state index is 5.78. The first-order valence-corrected chi connectivity index (χ1v) is 5.16. The summed E-state index contributed by atoms with van der Waals surface area (Å²) in [5, 5.41) is 0.779. The molecule has 0 N–H and O–H groups in total. The highest BCUT2D eigenvalue weighted by Crippen LogP contribution is 2.11. The Labute approximate surface area is 88.8 Å². The van der Waals surface area contributed by atoms with Crippen LogP contribution in [0.3, 0.4) is 0 Å². The molecule has 0 spiro atoms. The second-order valence-electron chi connectivity index (χ2n) is 3.41. The van der Waals surface area contributed by atoms with E-state index in [4.69, 9.17) is 21.1 Å². The summed E-state index contributed by atoms with van der Waals surface area (Å²) in [5.41, 5.74) is 1.26. The Bertz CT molecular complexity index is 280. The highest BCUT2D eigenvalue weighted by molar-refractivity contribution is 6.30. The Hall–Kier alpha value is -0.570. The molecule has 1 aromatic rings. The number of halogens is 1. The molecule has 1 aliphatic rings. The quantitative estimate of drug-likeness (QED) is 0.552. The van der Waals surface area contributed by atoms with Crippen LogP contribution in [0.5, 0.6) is 0 Å². The molecular weight excluding hydrogens is 200 g/mol. The zero-order valence-corrected chi connectivity index (χ0v) is 8.67. The fraction of sp³-hybridized carbons (Fsp3) is 0.455. The molecule has 2 nitrogen and oxygen atoms in total. The second kappa shape index (κ2) is 4.78. The van der Waals surface area contributed by atoms with Crippen molar-refractivity contribution in [1.29, 1.82) is 0 Å². The van der Waals surface area contributed by atoms with Crippen molar-refractivity contribution >= 4 is 11.6 Å². The van der Waals surface area contributed by atoms with Gasteiger partial charge in [-0.2, -0.15) is 0 Å². The zero-order valence-electron chi connectivity index (χ0n) is 7.91. The monoisotopic (exact) mass is 212 g/mol. The molecule has 1 saturated heterocycles. The maximum Gasteiger partial charge on any atom is 0.104 e. The van der Waals surface area contributed by atoms with Crippen molar-refractivity contribution in [2.75, 3.05) is 19.8 Å². The SMILES string of the molecule is Clc1ccc(CCOCC2CO2)cc1. The van der Waals surface area contributed by atoms with Gasteiger partial charge in [0.25, 0.3) is 0 Å². The third-order valence-corrected chi connectivity index (χ3v) is 2.41. The largest absolute Gasteiger partial charge is 0.378 e. The number of rotatable bonds is 5. The first kappa shape index (κ1) is 9.97. The van der Waals surface area contributed by atoms with Crippen molar-refractivity contribution in [1.82, 2.24) is 0 Å². The lowest BCUT2D eigenvalue weighted by Gasteiger charge is -2.02. The average molecular weight is 213 g/mol. The molecule has 14 heavy (non-hydrogen) atoms. The summed E-state index contributed by atoms with van der Waals surface area (Å²) >= 11 is 5.78. The van der Waals surface area contributed by atoms with E-state index in [9.17, 15) is 0 Å². The Morgan fingerprint density at radius 2 is 2.07 bits per heavy atom. The second-order valence-corrected chi connectivity index (χ2v) is 3.84. The average Bonchev–Trinajstić information content (AvgIpc) is 2.99. The van der Waals surface area contributed by atoms with Gasteiger partial charge in [0.05, 0.1) is 19.8 Å². The Kier molecular flexibility index (Phi) is 3.40. The number of ether oxygens (including phenoxy) is 2. The third kappa shape index (κ3) is 3.29. The summed E-state index contributed by atoms with van der Waals surface area (Å²) in [6.45, 7) is 2.34. The van der Waals surface area contributed by atoms with Crippen LogP contribution < -0.4 is 0 Å². The molecule has 0 radical (unpaired) electrons. The van der Waals surface area contributed by atoms with E-state index in [1.807, 2.05) is 24.3 Å². The van der Waals surface area contributed by atoms with Crippen LogP contribution in [0, 0.1) is 0 Å². The van der Waals surface area contributed by atoms with E-state index in [1.54, 1.807) is 0 Å². The highest BCUT2D eigenvalue weighted by atomic mass is 35.5. The summed E-state index contributed by atoms with van der Waals surface area (Å²) in [6, 6.07) is 7.86. The Morgan fingerprint density at radius 3 is 2.71 bits per heavy atom. The van der Waals surface area contributed by atoms with Crippen molar-refractivity contribution in [2.24, 2.45) is 0 Å². The van der Waals surface area contributed by atoms with Gasteiger partial charge in [0.15, 0.2) is 0 Å². The molecule has 1 aliphatic heterocycles. The van der Waals surface area contributed by atoms with Crippen LogP contribution in [0.4, 0.5) is 0 Å². The predicted octanol–water partition coefficient (Wildman–Crippen LogP) is 2.30. The van der Waals surface area contributed by atoms with Gasteiger partial charge in [-0.3, -0.25) is 0 Å². The molecule has 1 unspecified atom stereocenters. The normalized spacial score (nSPS) is 19.6. The van der Waals surface area contributed by atoms with E-state index >= 15 is 0 Å². The van der Waals surface area contributed by atoms with E-state index in [0.717, 1.165) is 31.3 Å². The van der Waals surface area contributed by atoms with E-state index in [0.29, 0.717) is 6.10 Å². The summed E-state index contributed by atoms with van der Waals surface area (Å²) in [6.07, 6.45) is 1.30. The first-order chi connectivity index (χ1) is 6.84. The molecule has 0 bridgehead atoms. The van der Waals surface area contributed by atoms with Gasteiger partial charge in [0, 0.05) is 5.02 Å². The molecule has 0 saturated carbocycles. The third-order valence-electron chi connectivity index (χ3n) is 2.15. The van der Waals surface area contributed by atoms with Crippen molar-refractivity contribution in [3.8, 4) is 0 Å². The Morgan fingerprint density at radius 1 is 1.36 bits per heavy atom. The minimum absolute atomic E-state index is 0.361. The molecule has 1 heterocycles. The summed E-state index contributed by atoms with van der Waals surface area (Å²) in [4.78, 5) is 0. The fourth-order valence-corrected chi connectivity index (χ4v) is 1.35. The van der Waals surface area contributed by atoms with Crippen LogP contribution in [0.2, 0.25) is 5.02 Å². The number of hydrogen-bond donors (Lipinski definition) is 0. The van der Waals surface area contributed by atoms with Gasteiger partial charge in [0.2, 0.25) is 0 Å². The highest BCUT2D eigenvalue weighted by Gasteiger charge is 2.21. The van der Waals surface area contributed by atoms with Crippen molar-refractivity contribution < 1.29 is 9.47 Å². The van der Waals surface area contributed by atoms with Gasteiger partial charge in [-0.25, -0.2) is 0 Å². The molecule has 1 fully saturated rings. The lowest BCUT2D eigenvalue weighted by Crippen LogP contribution is -2.04. The molecule has 1 aromatic carbocycles. The van der Waals surface area contributed by atoms with E-state index < -0.39 is 0 Å². The van der Waals surface area contributed by atoms with E-state index in [1.165, 1.54) is 5.56 Å². The van der Waals surface area contributed by atoms with Gasteiger partial charge in [-0.1, -0.05) is 23.7 Å². The van der Waals surface area contributed by atoms with E-state index in [-0.39, 0.29) is 0 Å². The van der Waals surface area contributed by atoms with Crippen LogP contribution in [0.1, 0.15) is 5.56 Å². The molecule has 3 heteroatoms. The maximum atomic E-state index is 5.78. The van der Waals surface area contributed by atoms with E-state index in [2.05, 4.69) is 0 Å². The van der Waals surface area contributed by atoms with Crippen LogP contribution in [-0.4, -0.2) is 25.9 Å². The topological polar surface area (TPSA) is 21.8 Å². The minimum Gasteiger partial charge on any atom is -0.378 e. The van der Waals surface area contributed by atoms with Gasteiger partial charge in [0.1, 0.15) is 6.10 Å². The molecule has 76 valence electrons. The van der Waals surface area contributed by atoms with Crippen LogP contribution >= 0.6 is 11.6 Å². The van der Waals surface area contributed by atoms with Crippen molar-refractivity contribution in [3.05, 3.63) is 34.9 Å². The van der Waals surface area contributed by atoms with Crippen LogP contribution in [0.25, 0.3) is 0 Å². The lowest BCUT2D eigenvalue weighted by molar-refractivity contribution is 0.119. The van der Waals surface area contributed by atoms with Crippen molar-refractivity contribution in [2.45, 2.75) is 12.5 Å².